The fourth-order valence-electron chi connectivity index (χ4n) is 5.01. The largest absolute Gasteiger partial charge is 0.508 e. The Morgan fingerprint density at radius 3 is 2.47 bits per heavy atom. The molecule has 1 saturated heterocycles. The summed E-state index contributed by atoms with van der Waals surface area (Å²) < 4.78 is 12.5. The summed E-state index contributed by atoms with van der Waals surface area (Å²) >= 11 is 0. The zero-order valence-electron chi connectivity index (χ0n) is 20.7. The fraction of sp³-hybridized carbons (Fsp3) is 0.300. The van der Waals surface area contributed by atoms with E-state index in [1.807, 2.05) is 43.3 Å². The van der Waals surface area contributed by atoms with E-state index in [-0.39, 0.29) is 11.9 Å². The molecule has 6 nitrogen and oxygen atoms in total. The number of nitrogens with zero attached hydrogens (tertiary/aromatic N) is 1. The molecule has 3 aromatic carbocycles. The number of fused-ring (bicyclic) bond motifs is 1. The van der Waals surface area contributed by atoms with Crippen molar-refractivity contribution >= 4 is 17.1 Å². The number of phenolic OH excluding ortho intramolecular Hbond substituents is 1. The van der Waals surface area contributed by atoms with Crippen LogP contribution in [0.1, 0.15) is 53.4 Å². The number of hydrogen-bond acceptors (Lipinski definition) is 5. The van der Waals surface area contributed by atoms with Crippen LogP contribution >= 0.6 is 0 Å². The van der Waals surface area contributed by atoms with Crippen LogP contribution in [0.25, 0.3) is 11.1 Å². The highest BCUT2D eigenvalue weighted by Gasteiger charge is 2.30. The van der Waals surface area contributed by atoms with Crippen molar-refractivity contribution in [2.45, 2.75) is 26.4 Å². The van der Waals surface area contributed by atoms with E-state index in [2.05, 4.69) is 11.8 Å². The quantitative estimate of drug-likeness (QED) is 0.455. The average molecular weight is 485 g/mol. The van der Waals surface area contributed by atoms with Crippen molar-refractivity contribution in [2.24, 2.45) is 11.7 Å². The maximum absolute atomic E-state index is 11.6. The predicted molar refractivity (Wildman–Crippen MR) is 141 cm³/mol. The van der Waals surface area contributed by atoms with Gasteiger partial charge >= 0.3 is 0 Å². The lowest BCUT2D eigenvalue weighted by Crippen LogP contribution is -2.47. The number of ether oxygens (including phenoxy) is 2. The molecule has 0 saturated carbocycles. The van der Waals surface area contributed by atoms with Crippen LogP contribution in [0.4, 0.5) is 0 Å². The van der Waals surface area contributed by atoms with E-state index in [1.165, 1.54) is 19.5 Å². The number of benzene rings is 3. The third kappa shape index (κ3) is 4.82. The van der Waals surface area contributed by atoms with Gasteiger partial charge < -0.3 is 20.3 Å². The highest BCUT2D eigenvalue weighted by atomic mass is 16.5. The van der Waals surface area contributed by atoms with Crippen LogP contribution in [0.3, 0.4) is 0 Å². The lowest BCUT2D eigenvalue weighted by Gasteiger charge is -2.38. The Labute approximate surface area is 212 Å². The molecular weight excluding hydrogens is 452 g/mol. The molecule has 6 heteroatoms. The summed E-state index contributed by atoms with van der Waals surface area (Å²) in [4.78, 5) is 14.0. The maximum atomic E-state index is 11.6. The second kappa shape index (κ2) is 10.1. The first kappa shape index (κ1) is 23.9. The van der Waals surface area contributed by atoms with Gasteiger partial charge in [-0.3, -0.25) is 9.69 Å². The number of rotatable bonds is 8. The molecule has 2 aliphatic heterocycles. The molecule has 5 rings (SSSR count). The molecule has 0 unspecified atom stereocenters. The van der Waals surface area contributed by atoms with Crippen molar-refractivity contribution in [3.8, 4) is 17.2 Å². The van der Waals surface area contributed by atoms with E-state index in [1.54, 1.807) is 30.3 Å². The molecule has 1 atom stereocenters. The first-order valence-electron chi connectivity index (χ1n) is 12.5. The van der Waals surface area contributed by atoms with Gasteiger partial charge in [0.05, 0.1) is 0 Å². The number of phenols is 1. The van der Waals surface area contributed by atoms with Gasteiger partial charge in [-0.1, -0.05) is 37.6 Å². The van der Waals surface area contributed by atoms with Gasteiger partial charge in [0.15, 0.2) is 0 Å². The van der Waals surface area contributed by atoms with Crippen molar-refractivity contribution in [3.63, 3.8) is 0 Å². The summed E-state index contributed by atoms with van der Waals surface area (Å²) in [5, 5.41) is 10.1. The Balaban J connectivity index is 1.39. The van der Waals surface area contributed by atoms with E-state index in [9.17, 15) is 9.90 Å². The molecule has 186 valence electrons. The third-order valence-corrected chi connectivity index (χ3v) is 7.23. The van der Waals surface area contributed by atoms with Crippen LogP contribution in [0.15, 0.2) is 66.7 Å². The van der Waals surface area contributed by atoms with E-state index >= 15 is 0 Å². The number of hydrogen-bond donors (Lipinski definition) is 2. The van der Waals surface area contributed by atoms with Gasteiger partial charge in [0.1, 0.15) is 30.0 Å². The third-order valence-electron chi connectivity index (χ3n) is 7.23. The van der Waals surface area contributed by atoms with E-state index in [0.29, 0.717) is 17.9 Å². The van der Waals surface area contributed by atoms with E-state index < -0.39 is 5.91 Å². The van der Waals surface area contributed by atoms with Gasteiger partial charge in [-0.15, -0.1) is 0 Å². The molecule has 1 fully saturated rings. The van der Waals surface area contributed by atoms with Gasteiger partial charge in [-0.25, -0.2) is 0 Å². The van der Waals surface area contributed by atoms with Gasteiger partial charge in [-0.2, -0.15) is 0 Å². The summed E-state index contributed by atoms with van der Waals surface area (Å²) in [5.41, 5.74) is 10.6. The number of primary amides is 1. The van der Waals surface area contributed by atoms with Crippen LogP contribution in [0, 0.1) is 5.92 Å². The Morgan fingerprint density at radius 2 is 1.81 bits per heavy atom. The number of carbonyl (C=O) groups excluding carboxylic acids is 1. The lowest BCUT2D eigenvalue weighted by atomic mass is 9.86. The first-order chi connectivity index (χ1) is 17.4. The lowest BCUT2D eigenvalue weighted by molar-refractivity contribution is 0.0806. The molecule has 36 heavy (non-hydrogen) atoms. The van der Waals surface area contributed by atoms with Crippen LogP contribution < -0.4 is 15.2 Å². The van der Waals surface area contributed by atoms with E-state index in [0.717, 1.165) is 46.0 Å². The fourth-order valence-corrected chi connectivity index (χ4v) is 5.01. The molecule has 2 aliphatic rings. The van der Waals surface area contributed by atoms with Crippen LogP contribution in [0.5, 0.6) is 17.2 Å². The topological polar surface area (TPSA) is 85.0 Å². The molecule has 0 bridgehead atoms. The standard InChI is InChI=1S/C30H32N2O4/c1-3-20-17-32(18-20)14-15-35-25-11-8-22(9-12-25)29-28(21-4-6-23(7-5-21)30(31)34)19(2)26-16-24(33)10-13-27(26)36-29/h4-13,16,20,29,33H,3,14-15,17-18H2,1-2H3,(H2,31,34)/t29-/m0/s1. The van der Waals surface area contributed by atoms with Crippen molar-refractivity contribution in [2.75, 3.05) is 26.2 Å². The van der Waals surface area contributed by atoms with Crippen LogP contribution in [-0.4, -0.2) is 42.2 Å². The summed E-state index contributed by atoms with van der Waals surface area (Å²) in [6, 6.07) is 20.4. The summed E-state index contributed by atoms with van der Waals surface area (Å²) in [5.74, 6) is 2.11. The number of nitrogens with two attached hydrogens (primary N) is 1. The Morgan fingerprint density at radius 1 is 1.08 bits per heavy atom. The number of likely N-dealkylation sites (tertiary alicyclic amines) is 1. The highest BCUT2D eigenvalue weighted by Crippen LogP contribution is 2.47. The summed E-state index contributed by atoms with van der Waals surface area (Å²) in [6.07, 6.45) is 0.890. The van der Waals surface area contributed by atoms with Crippen molar-refractivity contribution in [3.05, 3.63) is 89.0 Å². The second-order valence-corrected chi connectivity index (χ2v) is 9.61. The monoisotopic (exact) mass is 484 g/mol. The number of aromatic hydroxyl groups is 1. The maximum Gasteiger partial charge on any atom is 0.248 e. The van der Waals surface area contributed by atoms with Crippen molar-refractivity contribution < 1.29 is 19.4 Å². The molecule has 3 N–H and O–H groups in total. The normalized spacial score (nSPS) is 17.8. The van der Waals surface area contributed by atoms with E-state index in [4.69, 9.17) is 15.2 Å². The highest BCUT2D eigenvalue weighted by molar-refractivity contribution is 5.97. The molecule has 3 aromatic rings. The van der Waals surface area contributed by atoms with Crippen LogP contribution in [-0.2, 0) is 0 Å². The van der Waals surface area contributed by atoms with Crippen LogP contribution in [0.2, 0.25) is 0 Å². The molecule has 0 spiro atoms. The van der Waals surface area contributed by atoms with Gasteiger partial charge in [-0.05, 0) is 72.0 Å². The van der Waals surface area contributed by atoms with Gasteiger partial charge in [0.25, 0.3) is 0 Å². The molecule has 0 aromatic heterocycles. The average Bonchev–Trinajstić information content (AvgIpc) is 2.86. The first-order valence-corrected chi connectivity index (χ1v) is 12.5. The minimum atomic E-state index is -0.464. The minimum absolute atomic E-state index is 0.184. The van der Waals surface area contributed by atoms with Crippen molar-refractivity contribution in [1.82, 2.24) is 4.90 Å². The van der Waals surface area contributed by atoms with Gasteiger partial charge in [0.2, 0.25) is 5.91 Å². The predicted octanol–water partition coefficient (Wildman–Crippen LogP) is 5.28. The SMILES string of the molecule is CCC1CN(CCOc2ccc([C@@H]3Oc4ccc(O)cc4C(C)=C3c3ccc(C(N)=O)cc3)cc2)C1. The zero-order valence-corrected chi connectivity index (χ0v) is 20.7. The molecular formula is C30H32N2O4. The Kier molecular flexibility index (Phi) is 6.70. The van der Waals surface area contributed by atoms with Gasteiger partial charge in [0, 0.05) is 36.3 Å². The summed E-state index contributed by atoms with van der Waals surface area (Å²) in [6.45, 7) is 8.24. The van der Waals surface area contributed by atoms with Crippen molar-refractivity contribution in [1.29, 1.82) is 0 Å². The molecule has 2 heterocycles. The second-order valence-electron chi connectivity index (χ2n) is 9.61. The Hall–Kier alpha value is -3.77. The number of carbonyl (C=O) groups is 1. The Bertz CT molecular complexity index is 1280. The smallest absolute Gasteiger partial charge is 0.248 e. The summed E-state index contributed by atoms with van der Waals surface area (Å²) in [7, 11) is 0. The zero-order chi connectivity index (χ0) is 25.2. The molecule has 1 amide bonds. The molecule has 0 radical (unpaired) electrons. The molecule has 0 aliphatic carbocycles. The number of allylic oxidation sites excluding steroid dienone is 1. The number of amides is 1. The minimum Gasteiger partial charge on any atom is -0.508 e.